The fourth-order valence-electron chi connectivity index (χ4n) is 4.52. The van der Waals surface area contributed by atoms with E-state index in [1.165, 1.54) is 29.5 Å². The van der Waals surface area contributed by atoms with Crippen LogP contribution in [0.2, 0.25) is 0 Å². The molecule has 2 fully saturated rings. The molecule has 2 heteroatoms. The quantitative estimate of drug-likeness (QED) is 0.532. The van der Waals surface area contributed by atoms with Crippen LogP contribution in [0, 0.1) is 5.92 Å². The lowest BCUT2D eigenvalue weighted by Gasteiger charge is -2.29. The molecule has 2 atom stereocenters. The van der Waals surface area contributed by atoms with Gasteiger partial charge in [0.15, 0.2) is 5.78 Å². The van der Waals surface area contributed by atoms with Crippen molar-refractivity contribution >= 4 is 17.5 Å². The molecule has 25 heavy (non-hydrogen) atoms. The van der Waals surface area contributed by atoms with Gasteiger partial charge >= 0.3 is 0 Å². The molecule has 0 radical (unpaired) electrons. The minimum Gasteiger partial charge on any atom is -0.294 e. The van der Waals surface area contributed by atoms with E-state index in [0.29, 0.717) is 23.5 Å². The first-order chi connectivity index (χ1) is 11.8. The van der Waals surface area contributed by atoms with E-state index < -0.39 is 0 Å². The van der Waals surface area contributed by atoms with Crippen molar-refractivity contribution in [3.05, 3.63) is 34.4 Å². The van der Waals surface area contributed by atoms with E-state index in [1.54, 1.807) is 0 Å². The standard InChI is InChI=1S/C23H34OS/c1-13(2)16-11-20(14(3)4)22(21(12-16)15(5)6)23(24)17-9-18-7-8-19(10-17)25-18/h11-15,17-19H,7-10H2,1-6H3. The fraction of sp³-hybridized carbons (Fsp3) is 0.696. The Bertz CT molecular complexity index is 602. The smallest absolute Gasteiger partial charge is 0.166 e. The van der Waals surface area contributed by atoms with Gasteiger partial charge in [0.05, 0.1) is 0 Å². The predicted octanol–water partition coefficient (Wildman–Crippen LogP) is 6.91. The number of fused-ring (bicyclic) bond motifs is 2. The molecule has 138 valence electrons. The minimum absolute atomic E-state index is 0.249. The van der Waals surface area contributed by atoms with Crippen molar-refractivity contribution < 1.29 is 4.79 Å². The van der Waals surface area contributed by atoms with Crippen LogP contribution in [0.4, 0.5) is 0 Å². The topological polar surface area (TPSA) is 17.1 Å². The second-order valence-corrected chi connectivity index (χ2v) is 10.6. The molecule has 1 aromatic carbocycles. The molecule has 2 unspecified atom stereocenters. The van der Waals surface area contributed by atoms with Crippen LogP contribution in [-0.4, -0.2) is 16.3 Å². The highest BCUT2D eigenvalue weighted by atomic mass is 32.2. The molecular formula is C23H34OS. The van der Waals surface area contributed by atoms with E-state index in [2.05, 4.69) is 65.4 Å². The van der Waals surface area contributed by atoms with Crippen molar-refractivity contribution in [3.63, 3.8) is 0 Å². The molecule has 0 aliphatic carbocycles. The Balaban J connectivity index is 2.05. The first-order valence-electron chi connectivity index (χ1n) is 10.1. The second kappa shape index (κ2) is 7.47. The molecule has 2 bridgehead atoms. The Hall–Kier alpha value is -0.760. The molecule has 1 nitrogen and oxygen atoms in total. The van der Waals surface area contributed by atoms with Crippen LogP contribution in [0.3, 0.4) is 0 Å². The van der Waals surface area contributed by atoms with Crippen molar-refractivity contribution in [3.8, 4) is 0 Å². The normalized spacial score (nSPS) is 26.0. The monoisotopic (exact) mass is 358 g/mol. The zero-order valence-corrected chi connectivity index (χ0v) is 17.6. The van der Waals surface area contributed by atoms with Crippen molar-refractivity contribution in [1.29, 1.82) is 0 Å². The van der Waals surface area contributed by atoms with Gasteiger partial charge in [0.25, 0.3) is 0 Å². The van der Waals surface area contributed by atoms with E-state index in [0.717, 1.165) is 28.9 Å². The fourth-order valence-corrected chi connectivity index (χ4v) is 6.29. The van der Waals surface area contributed by atoms with Crippen molar-refractivity contribution in [2.24, 2.45) is 5.92 Å². The van der Waals surface area contributed by atoms with E-state index in [1.807, 2.05) is 0 Å². The molecule has 3 rings (SSSR count). The maximum absolute atomic E-state index is 13.6. The Morgan fingerprint density at radius 3 is 1.76 bits per heavy atom. The molecule has 2 aliphatic rings. The third-order valence-electron chi connectivity index (χ3n) is 6.04. The number of rotatable bonds is 5. The van der Waals surface area contributed by atoms with E-state index >= 15 is 0 Å². The molecule has 2 aliphatic heterocycles. The lowest BCUT2D eigenvalue weighted by Crippen LogP contribution is -2.27. The zero-order chi connectivity index (χ0) is 18.3. The van der Waals surface area contributed by atoms with Crippen molar-refractivity contribution in [1.82, 2.24) is 0 Å². The van der Waals surface area contributed by atoms with Crippen LogP contribution in [-0.2, 0) is 0 Å². The Morgan fingerprint density at radius 2 is 1.36 bits per heavy atom. The molecule has 1 aromatic rings. The van der Waals surface area contributed by atoms with Gasteiger partial charge in [0, 0.05) is 22.0 Å². The number of carbonyl (C=O) groups is 1. The van der Waals surface area contributed by atoms with Crippen LogP contribution >= 0.6 is 11.8 Å². The van der Waals surface area contributed by atoms with Gasteiger partial charge in [-0.15, -0.1) is 0 Å². The summed E-state index contributed by atoms with van der Waals surface area (Å²) in [6, 6.07) is 4.64. The summed E-state index contributed by atoms with van der Waals surface area (Å²) in [5, 5.41) is 1.46. The summed E-state index contributed by atoms with van der Waals surface area (Å²) in [4.78, 5) is 13.6. The van der Waals surface area contributed by atoms with Crippen LogP contribution in [0.1, 0.15) is 112 Å². The average Bonchev–Trinajstić information content (AvgIpc) is 2.90. The maximum atomic E-state index is 13.6. The Kier molecular flexibility index (Phi) is 5.68. The summed E-state index contributed by atoms with van der Waals surface area (Å²) in [6.07, 6.45) is 4.83. The van der Waals surface area contributed by atoms with Crippen LogP contribution in [0.5, 0.6) is 0 Å². The largest absolute Gasteiger partial charge is 0.294 e. The Morgan fingerprint density at radius 1 is 0.880 bits per heavy atom. The SMILES string of the molecule is CC(C)c1cc(C(C)C)c(C(=O)C2CC3CCC(C2)S3)c(C(C)C)c1. The van der Waals surface area contributed by atoms with Gasteiger partial charge in [-0.2, -0.15) is 11.8 Å². The molecule has 0 N–H and O–H groups in total. The highest BCUT2D eigenvalue weighted by molar-refractivity contribution is 8.00. The van der Waals surface area contributed by atoms with E-state index in [4.69, 9.17) is 0 Å². The number of hydrogen-bond donors (Lipinski definition) is 0. The van der Waals surface area contributed by atoms with E-state index in [-0.39, 0.29) is 5.92 Å². The van der Waals surface area contributed by atoms with Gasteiger partial charge in [0.1, 0.15) is 0 Å². The highest BCUT2D eigenvalue weighted by Gasteiger charge is 2.39. The van der Waals surface area contributed by atoms with Crippen LogP contribution in [0.25, 0.3) is 0 Å². The summed E-state index contributed by atoms with van der Waals surface area (Å²) >= 11 is 2.14. The van der Waals surface area contributed by atoms with Gasteiger partial charge in [-0.25, -0.2) is 0 Å². The average molecular weight is 359 g/mol. The number of Topliss-reactive ketones (excluding diaryl/α,β-unsaturated/α-hetero) is 1. The summed E-state index contributed by atoms with van der Waals surface area (Å²) in [5.41, 5.74) is 5.02. The van der Waals surface area contributed by atoms with Gasteiger partial charge in [-0.05, 0) is 60.1 Å². The summed E-state index contributed by atoms with van der Waals surface area (Å²) in [6.45, 7) is 13.4. The molecule has 2 heterocycles. The number of carbonyl (C=O) groups excluding carboxylic acids is 1. The molecule has 0 amide bonds. The predicted molar refractivity (Wildman–Crippen MR) is 110 cm³/mol. The molecule has 0 aromatic heterocycles. The Labute approximate surface area is 158 Å². The van der Waals surface area contributed by atoms with Crippen molar-refractivity contribution in [2.45, 2.75) is 95.5 Å². The number of benzene rings is 1. The first kappa shape index (κ1) is 19.0. The number of thioether (sulfide) groups is 1. The third kappa shape index (κ3) is 3.84. The second-order valence-electron chi connectivity index (χ2n) is 9.03. The van der Waals surface area contributed by atoms with Crippen LogP contribution in [0.15, 0.2) is 12.1 Å². The molecular weight excluding hydrogens is 324 g/mol. The summed E-state index contributed by atoms with van der Waals surface area (Å²) in [7, 11) is 0. The molecule has 0 saturated carbocycles. The summed E-state index contributed by atoms with van der Waals surface area (Å²) < 4.78 is 0. The number of ketones is 1. The van der Waals surface area contributed by atoms with Gasteiger partial charge in [-0.1, -0.05) is 53.7 Å². The maximum Gasteiger partial charge on any atom is 0.166 e. The highest BCUT2D eigenvalue weighted by Crippen LogP contribution is 2.47. The lowest BCUT2D eigenvalue weighted by atomic mass is 9.79. The first-order valence-corrected chi connectivity index (χ1v) is 11.1. The summed E-state index contributed by atoms with van der Waals surface area (Å²) in [5.74, 6) is 1.98. The molecule has 2 saturated heterocycles. The van der Waals surface area contributed by atoms with Gasteiger partial charge in [0.2, 0.25) is 0 Å². The lowest BCUT2D eigenvalue weighted by molar-refractivity contribution is 0.0904. The van der Waals surface area contributed by atoms with Crippen LogP contribution < -0.4 is 0 Å². The van der Waals surface area contributed by atoms with Crippen molar-refractivity contribution in [2.75, 3.05) is 0 Å². The minimum atomic E-state index is 0.249. The zero-order valence-electron chi connectivity index (χ0n) is 16.8. The third-order valence-corrected chi connectivity index (χ3v) is 7.67. The van der Waals surface area contributed by atoms with Gasteiger partial charge < -0.3 is 0 Å². The number of hydrogen-bond acceptors (Lipinski definition) is 2. The van der Waals surface area contributed by atoms with Gasteiger partial charge in [-0.3, -0.25) is 4.79 Å². The molecule has 0 spiro atoms. The van der Waals surface area contributed by atoms with E-state index in [9.17, 15) is 4.79 Å².